The Bertz CT molecular complexity index is 299. The van der Waals surface area contributed by atoms with Crippen molar-refractivity contribution in [2.24, 2.45) is 0 Å². The zero-order chi connectivity index (χ0) is 13.1. The lowest BCUT2D eigenvalue weighted by molar-refractivity contribution is -0.102. The van der Waals surface area contributed by atoms with Crippen molar-refractivity contribution in [2.45, 2.75) is 32.6 Å². The number of rotatable bonds is 3. The lowest BCUT2D eigenvalue weighted by Crippen LogP contribution is -2.04. The average Bonchev–Trinajstić information content (AvgIpc) is 2.39. The maximum atomic E-state index is 10.2. The van der Waals surface area contributed by atoms with Crippen molar-refractivity contribution in [3.05, 3.63) is 11.6 Å². The Labute approximate surface area is 107 Å². The number of methoxy groups -OCH3 is 1. The molecule has 0 spiro atoms. The molecule has 0 aliphatic heterocycles. The molecule has 0 amide bonds. The summed E-state index contributed by atoms with van der Waals surface area (Å²) in [7, 11) is 1.68. The Morgan fingerprint density at radius 1 is 1.53 bits per heavy atom. The minimum absolute atomic E-state index is 0.0866. The van der Waals surface area contributed by atoms with E-state index in [1.165, 1.54) is 6.42 Å². The van der Waals surface area contributed by atoms with E-state index in [4.69, 9.17) is 10.8 Å². The second-order valence-corrected chi connectivity index (χ2v) is 4.52. The van der Waals surface area contributed by atoms with Gasteiger partial charge in [-0.05, 0) is 49.9 Å². The van der Waals surface area contributed by atoms with Crippen LogP contribution in [0.2, 0.25) is 0 Å². The maximum absolute atomic E-state index is 10.2. The van der Waals surface area contributed by atoms with E-state index in [2.05, 4.69) is 4.74 Å². The van der Waals surface area contributed by atoms with Gasteiger partial charge in [0.15, 0.2) is 6.29 Å². The molecule has 2 N–H and O–H groups in total. The summed E-state index contributed by atoms with van der Waals surface area (Å²) in [5, 5.41) is 15.0. The predicted molar refractivity (Wildman–Crippen MR) is 73.2 cm³/mol. The fraction of sp³-hybridized carbons (Fsp3) is 0.583. The zero-order valence-corrected chi connectivity index (χ0v) is 11.2. The molecule has 0 saturated carbocycles. The molecule has 1 aliphatic rings. The molecule has 1 rings (SSSR count). The number of hydrogen-bond acceptors (Lipinski definition) is 5. The van der Waals surface area contributed by atoms with Crippen LogP contribution in [0.15, 0.2) is 11.6 Å². The summed E-state index contributed by atoms with van der Waals surface area (Å²) in [6, 6.07) is 0. The fourth-order valence-corrected chi connectivity index (χ4v) is 1.83. The van der Waals surface area contributed by atoms with E-state index >= 15 is 0 Å². The van der Waals surface area contributed by atoms with Crippen LogP contribution in [-0.4, -0.2) is 30.1 Å². The molecule has 0 saturated heterocycles. The van der Waals surface area contributed by atoms with Gasteiger partial charge in [-0.15, -0.1) is 0 Å². The highest BCUT2D eigenvalue weighted by Crippen LogP contribution is 2.22. The van der Waals surface area contributed by atoms with Crippen LogP contribution in [0.25, 0.3) is 0 Å². The Balaban J connectivity index is 0.000000557. The van der Waals surface area contributed by atoms with Gasteiger partial charge >= 0.3 is 0 Å². The van der Waals surface area contributed by atoms with Crippen LogP contribution in [0.1, 0.15) is 32.6 Å². The van der Waals surface area contributed by atoms with E-state index in [0.717, 1.165) is 43.2 Å². The standard InChI is InChI=1S/C9H12N2OS.C3H8O/c10-8(6-12)13-9(11)7-4-2-1-3-5-7;1-3-4-2/h4,6,10-11H,1-3,5H2;3H2,1-2H3. The lowest BCUT2D eigenvalue weighted by Gasteiger charge is -2.11. The van der Waals surface area contributed by atoms with E-state index < -0.39 is 0 Å². The summed E-state index contributed by atoms with van der Waals surface area (Å²) in [6.07, 6.45) is 6.75. The summed E-state index contributed by atoms with van der Waals surface area (Å²) >= 11 is 0.936. The largest absolute Gasteiger partial charge is 0.385 e. The van der Waals surface area contributed by atoms with Crippen LogP contribution in [0.4, 0.5) is 0 Å². The Kier molecular flexibility index (Phi) is 9.66. The summed E-state index contributed by atoms with van der Waals surface area (Å²) in [4.78, 5) is 10.2. The van der Waals surface area contributed by atoms with Crippen LogP contribution in [0.3, 0.4) is 0 Å². The first-order valence-corrected chi connectivity index (χ1v) is 6.45. The van der Waals surface area contributed by atoms with Gasteiger partial charge in [0.2, 0.25) is 0 Å². The Morgan fingerprint density at radius 3 is 2.59 bits per heavy atom. The first kappa shape index (κ1) is 16.1. The van der Waals surface area contributed by atoms with E-state index in [-0.39, 0.29) is 5.04 Å². The molecule has 96 valence electrons. The van der Waals surface area contributed by atoms with Crippen LogP contribution in [0.5, 0.6) is 0 Å². The fourth-order valence-electron chi connectivity index (χ4n) is 1.24. The Morgan fingerprint density at radius 2 is 2.18 bits per heavy atom. The van der Waals surface area contributed by atoms with Crippen LogP contribution in [0, 0.1) is 10.8 Å². The molecule has 0 unspecified atom stereocenters. The SMILES string of the molecule is CCOC.N=C(C=O)SC(=N)C1=CCCCC1. The monoisotopic (exact) mass is 256 g/mol. The molecule has 0 heterocycles. The third-order valence-corrected chi connectivity index (χ3v) is 2.97. The van der Waals surface area contributed by atoms with E-state index in [1.807, 2.05) is 13.0 Å². The second kappa shape index (κ2) is 10.2. The van der Waals surface area contributed by atoms with Gasteiger partial charge in [0.1, 0.15) is 5.04 Å². The molecule has 5 heteroatoms. The molecule has 0 atom stereocenters. The molecular weight excluding hydrogens is 236 g/mol. The summed E-state index contributed by atoms with van der Waals surface area (Å²) in [6.45, 7) is 2.78. The van der Waals surface area contributed by atoms with Crippen LogP contribution >= 0.6 is 11.8 Å². The number of hydrogen-bond donors (Lipinski definition) is 2. The van der Waals surface area contributed by atoms with E-state index in [9.17, 15) is 4.79 Å². The molecule has 0 aromatic rings. The number of aldehydes is 1. The zero-order valence-electron chi connectivity index (χ0n) is 10.4. The molecule has 0 radical (unpaired) electrons. The predicted octanol–water partition coefficient (Wildman–Crippen LogP) is 3.03. The molecule has 17 heavy (non-hydrogen) atoms. The number of thioether (sulfide) groups is 1. The van der Waals surface area contributed by atoms with E-state index in [1.54, 1.807) is 7.11 Å². The number of carbonyl (C=O) groups excluding carboxylic acids is 1. The van der Waals surface area contributed by atoms with Crippen molar-refractivity contribution in [2.75, 3.05) is 13.7 Å². The lowest BCUT2D eigenvalue weighted by atomic mass is 10.0. The number of allylic oxidation sites excluding steroid dienone is 1. The second-order valence-electron chi connectivity index (χ2n) is 3.47. The van der Waals surface area contributed by atoms with Crippen molar-refractivity contribution in [1.82, 2.24) is 0 Å². The molecule has 0 aromatic carbocycles. The van der Waals surface area contributed by atoms with Crippen molar-refractivity contribution >= 4 is 28.1 Å². The highest BCUT2D eigenvalue weighted by Gasteiger charge is 2.10. The molecular formula is C12H20N2O2S. The summed E-state index contributed by atoms with van der Waals surface area (Å²) < 4.78 is 4.54. The minimum atomic E-state index is -0.0866. The van der Waals surface area contributed by atoms with Gasteiger partial charge in [0, 0.05) is 13.7 Å². The molecule has 0 aromatic heterocycles. The summed E-state index contributed by atoms with van der Waals surface area (Å²) in [5.74, 6) is 0. The third-order valence-electron chi connectivity index (χ3n) is 2.19. The van der Waals surface area contributed by atoms with Gasteiger partial charge < -0.3 is 4.74 Å². The molecule has 1 aliphatic carbocycles. The minimum Gasteiger partial charge on any atom is -0.385 e. The molecule has 4 nitrogen and oxygen atoms in total. The highest BCUT2D eigenvalue weighted by molar-refractivity contribution is 8.28. The normalized spacial score (nSPS) is 14.1. The van der Waals surface area contributed by atoms with Crippen molar-refractivity contribution in [3.8, 4) is 0 Å². The van der Waals surface area contributed by atoms with Gasteiger partial charge in [-0.1, -0.05) is 6.08 Å². The topological polar surface area (TPSA) is 74.0 Å². The van der Waals surface area contributed by atoms with Gasteiger partial charge in [-0.3, -0.25) is 15.6 Å². The van der Waals surface area contributed by atoms with Crippen molar-refractivity contribution in [1.29, 1.82) is 10.8 Å². The third kappa shape index (κ3) is 7.88. The van der Waals surface area contributed by atoms with Crippen LogP contribution in [-0.2, 0) is 9.53 Å². The smallest absolute Gasteiger partial charge is 0.174 e. The Hall–Kier alpha value is -0.940. The quantitative estimate of drug-likeness (QED) is 0.463. The molecule has 0 fully saturated rings. The van der Waals surface area contributed by atoms with Gasteiger partial charge in [-0.25, -0.2) is 0 Å². The van der Waals surface area contributed by atoms with Gasteiger partial charge in [0.25, 0.3) is 0 Å². The van der Waals surface area contributed by atoms with Gasteiger partial charge in [-0.2, -0.15) is 0 Å². The van der Waals surface area contributed by atoms with Crippen molar-refractivity contribution < 1.29 is 9.53 Å². The summed E-state index contributed by atoms with van der Waals surface area (Å²) in [5.41, 5.74) is 0.989. The van der Waals surface area contributed by atoms with Gasteiger partial charge in [0.05, 0.1) is 5.04 Å². The van der Waals surface area contributed by atoms with Crippen LogP contribution < -0.4 is 0 Å². The van der Waals surface area contributed by atoms with Crippen molar-refractivity contribution in [3.63, 3.8) is 0 Å². The highest BCUT2D eigenvalue weighted by atomic mass is 32.2. The number of carbonyl (C=O) groups is 1. The number of ether oxygens (including phenoxy) is 1. The average molecular weight is 256 g/mol. The first-order valence-electron chi connectivity index (χ1n) is 5.64. The first-order chi connectivity index (χ1) is 8.15. The number of nitrogens with one attached hydrogen (secondary N) is 2. The maximum Gasteiger partial charge on any atom is 0.174 e. The van der Waals surface area contributed by atoms with E-state index in [0.29, 0.717) is 11.3 Å². The molecule has 0 bridgehead atoms.